The molecule has 0 spiro atoms. The van der Waals surface area contributed by atoms with Gasteiger partial charge in [-0.25, -0.2) is 4.39 Å². The van der Waals surface area contributed by atoms with Crippen molar-refractivity contribution in [3.05, 3.63) is 46.8 Å². The molecule has 1 fully saturated rings. The topological polar surface area (TPSA) is 35.9 Å². The summed E-state index contributed by atoms with van der Waals surface area (Å²) in [7, 11) is 0. The third-order valence-electron chi connectivity index (χ3n) is 5.38. The van der Waals surface area contributed by atoms with Crippen LogP contribution in [0.25, 0.3) is 0 Å². The molecule has 1 aromatic carbocycles. The molecule has 138 valence electrons. The third kappa shape index (κ3) is 3.95. The largest absolute Gasteiger partial charge is 0.342 e. The quantitative estimate of drug-likeness (QED) is 0.790. The van der Waals surface area contributed by atoms with Crippen LogP contribution in [0.15, 0.2) is 40.4 Å². The number of carbonyl (C=O) groups excluding carboxylic acids is 1. The van der Waals surface area contributed by atoms with Crippen molar-refractivity contribution in [2.24, 2.45) is 10.9 Å². The van der Waals surface area contributed by atoms with E-state index in [0.29, 0.717) is 12.3 Å². The van der Waals surface area contributed by atoms with Gasteiger partial charge in [0.2, 0.25) is 5.91 Å². The van der Waals surface area contributed by atoms with Crippen LogP contribution in [-0.2, 0) is 11.2 Å². The van der Waals surface area contributed by atoms with E-state index in [1.807, 2.05) is 11.0 Å². The van der Waals surface area contributed by atoms with Crippen LogP contribution >= 0.6 is 11.8 Å². The highest BCUT2D eigenvalue weighted by atomic mass is 32.2. The summed E-state index contributed by atoms with van der Waals surface area (Å²) in [6, 6.07) is 6.85. The molecular weight excluding hydrogens is 349 g/mol. The summed E-state index contributed by atoms with van der Waals surface area (Å²) in [5.41, 5.74) is 2.14. The number of halogens is 1. The summed E-state index contributed by atoms with van der Waals surface area (Å²) in [5.74, 6) is 0.558. The second-order valence-electron chi connectivity index (χ2n) is 7.24. The molecule has 0 unspecified atom stereocenters. The van der Waals surface area contributed by atoms with E-state index in [1.165, 1.54) is 6.07 Å². The Morgan fingerprint density at radius 3 is 3.15 bits per heavy atom. The van der Waals surface area contributed by atoms with Crippen molar-refractivity contribution in [2.45, 2.75) is 32.1 Å². The van der Waals surface area contributed by atoms with Gasteiger partial charge in [0.1, 0.15) is 5.82 Å². The van der Waals surface area contributed by atoms with Crippen LogP contribution in [0, 0.1) is 11.7 Å². The summed E-state index contributed by atoms with van der Waals surface area (Å²) >= 11 is 1.63. The molecule has 0 radical (unpaired) electrons. The first-order chi connectivity index (χ1) is 12.7. The highest BCUT2D eigenvalue weighted by molar-refractivity contribution is 8.16. The number of fused-ring (bicyclic) bond motifs is 1. The molecule has 1 atom stereocenters. The number of aliphatic imine (C=N–C) groups is 1. The molecule has 4 nitrogen and oxygen atoms in total. The Labute approximate surface area is 158 Å². The van der Waals surface area contributed by atoms with Crippen molar-refractivity contribution >= 4 is 22.8 Å². The molecule has 0 bridgehead atoms. The average Bonchev–Trinajstić information content (AvgIpc) is 3.25. The van der Waals surface area contributed by atoms with Gasteiger partial charge in [0.15, 0.2) is 5.17 Å². The fourth-order valence-corrected chi connectivity index (χ4v) is 4.93. The second-order valence-corrected chi connectivity index (χ2v) is 8.07. The van der Waals surface area contributed by atoms with Crippen LogP contribution in [0.4, 0.5) is 4.39 Å². The van der Waals surface area contributed by atoms with Crippen LogP contribution in [0.2, 0.25) is 0 Å². The lowest BCUT2D eigenvalue weighted by molar-refractivity contribution is -0.132. The number of hydrogen-bond donors (Lipinski definition) is 0. The summed E-state index contributed by atoms with van der Waals surface area (Å²) in [6.07, 6.45) is 4.57. The van der Waals surface area contributed by atoms with Gasteiger partial charge in [0, 0.05) is 25.3 Å². The number of benzene rings is 1. The maximum absolute atomic E-state index is 13.3. The molecule has 0 aromatic heterocycles. The molecule has 1 saturated heterocycles. The first-order valence-corrected chi connectivity index (χ1v) is 10.3. The minimum atomic E-state index is -0.171. The maximum atomic E-state index is 13.3. The number of nitrogens with zero attached hydrogens (tertiary/aromatic N) is 3. The maximum Gasteiger partial charge on any atom is 0.228 e. The molecule has 3 aliphatic heterocycles. The van der Waals surface area contributed by atoms with Gasteiger partial charge in [-0.3, -0.25) is 9.79 Å². The lowest BCUT2D eigenvalue weighted by atomic mass is 9.91. The van der Waals surface area contributed by atoms with Gasteiger partial charge in [-0.15, -0.1) is 0 Å². The molecular formula is C20H24FN3OS. The fraction of sp³-hybridized carbons (Fsp3) is 0.500. The summed E-state index contributed by atoms with van der Waals surface area (Å²) in [5, 5.41) is 3.11. The van der Waals surface area contributed by atoms with Crippen LogP contribution in [0.5, 0.6) is 0 Å². The molecule has 1 amide bonds. The monoisotopic (exact) mass is 373 g/mol. The standard InChI is InChI=1S/C20H24FN3OS/c21-17-5-1-3-15(11-17)6-7-16-4-2-9-23(13-16)19(25)12-18-14-26-20-22-8-10-24(18)20/h1,3,5,11,14,16H,2,4,6-10,12-13H2/t16-/m1/s1. The Kier molecular flexibility index (Phi) is 5.29. The van der Waals surface area contributed by atoms with E-state index in [4.69, 9.17) is 0 Å². The van der Waals surface area contributed by atoms with Crippen LogP contribution in [-0.4, -0.2) is 47.1 Å². The van der Waals surface area contributed by atoms with Gasteiger partial charge >= 0.3 is 0 Å². The highest BCUT2D eigenvalue weighted by Gasteiger charge is 2.30. The zero-order valence-electron chi connectivity index (χ0n) is 14.9. The minimum absolute atomic E-state index is 0.171. The Morgan fingerprint density at radius 1 is 1.35 bits per heavy atom. The van der Waals surface area contributed by atoms with Gasteiger partial charge < -0.3 is 9.80 Å². The summed E-state index contributed by atoms with van der Waals surface area (Å²) < 4.78 is 13.3. The zero-order chi connectivity index (χ0) is 17.9. The summed E-state index contributed by atoms with van der Waals surface area (Å²) in [4.78, 5) is 21.4. The fourth-order valence-electron chi connectivity index (χ4n) is 3.97. The first-order valence-electron chi connectivity index (χ1n) is 9.39. The number of hydrogen-bond acceptors (Lipinski definition) is 4. The predicted molar refractivity (Wildman–Crippen MR) is 103 cm³/mol. The number of rotatable bonds is 5. The van der Waals surface area contributed by atoms with E-state index >= 15 is 0 Å². The van der Waals surface area contributed by atoms with Crippen molar-refractivity contribution < 1.29 is 9.18 Å². The lowest BCUT2D eigenvalue weighted by Crippen LogP contribution is -2.40. The normalized spacial score (nSPS) is 22.3. The van der Waals surface area contributed by atoms with Crippen molar-refractivity contribution in [2.75, 3.05) is 26.2 Å². The van der Waals surface area contributed by atoms with E-state index < -0.39 is 0 Å². The third-order valence-corrected chi connectivity index (χ3v) is 6.33. The van der Waals surface area contributed by atoms with Crippen molar-refractivity contribution in [3.8, 4) is 0 Å². The van der Waals surface area contributed by atoms with Gasteiger partial charge in [-0.2, -0.15) is 0 Å². The predicted octanol–water partition coefficient (Wildman–Crippen LogP) is 3.65. The number of aryl methyl sites for hydroxylation is 1. The molecule has 3 aliphatic rings. The first kappa shape index (κ1) is 17.6. The van der Waals surface area contributed by atoms with Gasteiger partial charge in [-0.1, -0.05) is 23.9 Å². The Balaban J connectivity index is 1.29. The smallest absolute Gasteiger partial charge is 0.228 e. The van der Waals surface area contributed by atoms with Crippen LogP contribution < -0.4 is 0 Å². The van der Waals surface area contributed by atoms with E-state index in [9.17, 15) is 9.18 Å². The highest BCUT2D eigenvalue weighted by Crippen LogP contribution is 2.32. The number of piperidine rings is 1. The molecule has 0 aliphatic carbocycles. The van der Waals surface area contributed by atoms with Gasteiger partial charge in [-0.05, 0) is 54.7 Å². The number of likely N-dealkylation sites (tertiary alicyclic amines) is 1. The molecule has 6 heteroatoms. The van der Waals surface area contributed by atoms with Crippen LogP contribution in [0.1, 0.15) is 31.2 Å². The summed E-state index contributed by atoms with van der Waals surface area (Å²) in [6.45, 7) is 3.42. The zero-order valence-corrected chi connectivity index (χ0v) is 15.7. The molecule has 3 heterocycles. The molecule has 4 rings (SSSR count). The van der Waals surface area contributed by atoms with Gasteiger partial charge in [0.05, 0.1) is 13.0 Å². The minimum Gasteiger partial charge on any atom is -0.342 e. The number of amides is 1. The Bertz CT molecular complexity index is 748. The SMILES string of the molecule is O=C(CC1=CSC2=NCCN12)N1CCC[C@H](CCc2cccc(F)c2)C1. The average molecular weight is 373 g/mol. The molecule has 0 N–H and O–H groups in total. The number of amidine groups is 1. The molecule has 0 saturated carbocycles. The van der Waals surface area contributed by atoms with Crippen molar-refractivity contribution in [3.63, 3.8) is 0 Å². The second kappa shape index (κ2) is 7.82. The number of thioether (sulfide) groups is 1. The van der Waals surface area contributed by atoms with Crippen molar-refractivity contribution in [1.82, 2.24) is 9.80 Å². The Hall–Kier alpha value is -1.82. The van der Waals surface area contributed by atoms with E-state index in [-0.39, 0.29) is 11.7 Å². The van der Waals surface area contributed by atoms with Gasteiger partial charge in [0.25, 0.3) is 0 Å². The number of carbonyl (C=O) groups is 1. The molecule has 1 aromatic rings. The molecule has 26 heavy (non-hydrogen) atoms. The van der Waals surface area contributed by atoms with E-state index in [1.54, 1.807) is 23.9 Å². The van der Waals surface area contributed by atoms with Crippen LogP contribution in [0.3, 0.4) is 0 Å². The van der Waals surface area contributed by atoms with Crippen molar-refractivity contribution in [1.29, 1.82) is 0 Å². The Morgan fingerprint density at radius 2 is 2.27 bits per heavy atom. The van der Waals surface area contributed by atoms with E-state index in [2.05, 4.69) is 15.3 Å². The lowest BCUT2D eigenvalue weighted by Gasteiger charge is -2.33. The van der Waals surface area contributed by atoms with E-state index in [0.717, 1.165) is 68.3 Å².